The van der Waals surface area contributed by atoms with Crippen molar-refractivity contribution in [1.82, 2.24) is 10.2 Å². The third kappa shape index (κ3) is 3.13. The molecule has 2 bridgehead atoms. The van der Waals surface area contributed by atoms with Crippen LogP contribution in [-0.2, 0) is 4.79 Å². The van der Waals surface area contributed by atoms with Crippen molar-refractivity contribution >= 4 is 5.91 Å². The molecular formula is C18H32N2O. The van der Waals surface area contributed by atoms with Crippen molar-refractivity contribution in [3.8, 4) is 0 Å². The summed E-state index contributed by atoms with van der Waals surface area (Å²) in [7, 11) is 0. The van der Waals surface area contributed by atoms with Crippen molar-refractivity contribution in [3.63, 3.8) is 0 Å². The van der Waals surface area contributed by atoms with Crippen molar-refractivity contribution in [2.75, 3.05) is 6.54 Å². The minimum atomic E-state index is 0.0973. The van der Waals surface area contributed by atoms with Gasteiger partial charge in [-0.15, -0.1) is 0 Å². The second-order valence-corrected chi connectivity index (χ2v) is 7.59. The number of unbranched alkanes of at least 4 members (excludes halogenated alkanes) is 1. The monoisotopic (exact) mass is 292 g/mol. The van der Waals surface area contributed by atoms with Gasteiger partial charge in [-0.1, -0.05) is 39.5 Å². The van der Waals surface area contributed by atoms with Gasteiger partial charge in [-0.3, -0.25) is 10.1 Å². The SMILES string of the molecule is CCCCC1NC(CCC)N(CC2CC3CCC2C3)C1=O. The molecule has 2 saturated carbocycles. The normalized spacial score (nSPS) is 38.7. The van der Waals surface area contributed by atoms with E-state index in [1.54, 1.807) is 0 Å². The molecule has 3 aliphatic rings. The lowest BCUT2D eigenvalue weighted by molar-refractivity contribution is -0.131. The van der Waals surface area contributed by atoms with Crippen LogP contribution in [0.4, 0.5) is 0 Å². The number of amides is 1. The van der Waals surface area contributed by atoms with E-state index in [0.29, 0.717) is 12.1 Å². The van der Waals surface area contributed by atoms with E-state index in [9.17, 15) is 4.79 Å². The van der Waals surface area contributed by atoms with Crippen molar-refractivity contribution in [3.05, 3.63) is 0 Å². The summed E-state index contributed by atoms with van der Waals surface area (Å²) in [6, 6.07) is 0.0973. The molecule has 1 amide bonds. The highest BCUT2D eigenvalue weighted by Crippen LogP contribution is 2.48. The fourth-order valence-electron chi connectivity index (χ4n) is 4.94. The Bertz CT molecular complexity index is 370. The average molecular weight is 292 g/mol. The fourth-order valence-corrected chi connectivity index (χ4v) is 4.94. The van der Waals surface area contributed by atoms with Gasteiger partial charge in [0.05, 0.1) is 12.2 Å². The first-order valence-corrected chi connectivity index (χ1v) is 9.29. The highest BCUT2D eigenvalue weighted by atomic mass is 16.2. The maximum Gasteiger partial charge on any atom is 0.241 e. The lowest BCUT2D eigenvalue weighted by Crippen LogP contribution is -2.41. The minimum Gasteiger partial charge on any atom is -0.326 e. The van der Waals surface area contributed by atoms with Crippen LogP contribution in [0, 0.1) is 17.8 Å². The fraction of sp³-hybridized carbons (Fsp3) is 0.944. The van der Waals surface area contributed by atoms with Gasteiger partial charge in [0.2, 0.25) is 5.91 Å². The number of fused-ring (bicyclic) bond motifs is 2. The Labute approximate surface area is 129 Å². The van der Waals surface area contributed by atoms with Gasteiger partial charge < -0.3 is 4.90 Å². The molecule has 0 spiro atoms. The standard InChI is InChI=1S/C18H32N2O/c1-3-5-7-16-18(21)20(17(19-16)6-4-2)12-15-11-13-8-9-14(15)10-13/h13-17,19H,3-12H2,1-2H3. The summed E-state index contributed by atoms with van der Waals surface area (Å²) in [6.07, 6.45) is 11.6. The minimum absolute atomic E-state index is 0.0973. The molecular weight excluding hydrogens is 260 g/mol. The van der Waals surface area contributed by atoms with Gasteiger partial charge in [0.25, 0.3) is 0 Å². The number of nitrogens with one attached hydrogen (secondary N) is 1. The van der Waals surface area contributed by atoms with Crippen molar-refractivity contribution in [2.45, 2.75) is 83.8 Å². The molecule has 5 unspecified atom stereocenters. The number of hydrogen-bond acceptors (Lipinski definition) is 2. The molecule has 0 aromatic heterocycles. The summed E-state index contributed by atoms with van der Waals surface area (Å²) in [4.78, 5) is 15.0. The first kappa shape index (κ1) is 15.3. The van der Waals surface area contributed by atoms with Crippen LogP contribution >= 0.6 is 0 Å². The Balaban J connectivity index is 1.61. The highest BCUT2D eigenvalue weighted by Gasteiger charge is 2.44. The summed E-state index contributed by atoms with van der Waals surface area (Å²) in [5.74, 6) is 3.08. The van der Waals surface area contributed by atoms with Crippen LogP contribution in [0.5, 0.6) is 0 Å². The van der Waals surface area contributed by atoms with E-state index in [2.05, 4.69) is 24.1 Å². The van der Waals surface area contributed by atoms with Crippen LogP contribution in [0.3, 0.4) is 0 Å². The number of nitrogens with zero attached hydrogens (tertiary/aromatic N) is 1. The number of carbonyl (C=O) groups is 1. The van der Waals surface area contributed by atoms with E-state index in [1.165, 1.54) is 32.1 Å². The molecule has 21 heavy (non-hydrogen) atoms. The zero-order chi connectivity index (χ0) is 14.8. The van der Waals surface area contributed by atoms with E-state index < -0.39 is 0 Å². The molecule has 1 saturated heterocycles. The Kier molecular flexibility index (Phi) is 4.88. The molecule has 0 aromatic carbocycles. The van der Waals surface area contributed by atoms with Gasteiger partial charge in [0, 0.05) is 6.54 Å². The molecule has 3 heteroatoms. The lowest BCUT2D eigenvalue weighted by Gasteiger charge is -2.30. The van der Waals surface area contributed by atoms with E-state index in [0.717, 1.165) is 50.0 Å². The molecule has 2 aliphatic carbocycles. The van der Waals surface area contributed by atoms with Gasteiger partial charge in [-0.25, -0.2) is 0 Å². The second-order valence-electron chi connectivity index (χ2n) is 7.59. The predicted molar refractivity (Wildman–Crippen MR) is 85.8 cm³/mol. The van der Waals surface area contributed by atoms with Crippen LogP contribution in [0.15, 0.2) is 0 Å². The zero-order valence-corrected chi connectivity index (χ0v) is 13.8. The highest BCUT2D eigenvalue weighted by molar-refractivity contribution is 5.84. The molecule has 1 N–H and O–H groups in total. The summed E-state index contributed by atoms with van der Waals surface area (Å²) in [5, 5.41) is 3.62. The van der Waals surface area contributed by atoms with Crippen LogP contribution < -0.4 is 5.32 Å². The van der Waals surface area contributed by atoms with Crippen LogP contribution in [0.25, 0.3) is 0 Å². The number of carbonyl (C=O) groups excluding carboxylic acids is 1. The van der Waals surface area contributed by atoms with Crippen molar-refractivity contribution < 1.29 is 4.79 Å². The molecule has 0 radical (unpaired) electrons. The molecule has 1 aliphatic heterocycles. The van der Waals surface area contributed by atoms with E-state index >= 15 is 0 Å². The Hall–Kier alpha value is -0.570. The summed E-state index contributed by atoms with van der Waals surface area (Å²) in [5.41, 5.74) is 0. The first-order valence-electron chi connectivity index (χ1n) is 9.29. The lowest BCUT2D eigenvalue weighted by atomic mass is 9.88. The molecule has 120 valence electrons. The van der Waals surface area contributed by atoms with Gasteiger partial charge >= 0.3 is 0 Å². The van der Waals surface area contributed by atoms with E-state index in [1.807, 2.05) is 0 Å². The van der Waals surface area contributed by atoms with Crippen LogP contribution in [0.1, 0.15) is 71.6 Å². The molecule has 3 fully saturated rings. The van der Waals surface area contributed by atoms with Crippen LogP contribution in [-0.4, -0.2) is 29.6 Å². The third-order valence-electron chi connectivity index (χ3n) is 6.08. The van der Waals surface area contributed by atoms with E-state index in [4.69, 9.17) is 0 Å². The van der Waals surface area contributed by atoms with Crippen LogP contribution in [0.2, 0.25) is 0 Å². The van der Waals surface area contributed by atoms with E-state index in [-0.39, 0.29) is 6.04 Å². The Morgan fingerprint density at radius 3 is 2.62 bits per heavy atom. The number of rotatable bonds is 7. The Morgan fingerprint density at radius 2 is 2.00 bits per heavy atom. The quantitative estimate of drug-likeness (QED) is 0.778. The first-order chi connectivity index (χ1) is 10.2. The molecule has 3 nitrogen and oxygen atoms in total. The largest absolute Gasteiger partial charge is 0.326 e. The Morgan fingerprint density at radius 1 is 1.14 bits per heavy atom. The second kappa shape index (κ2) is 6.68. The van der Waals surface area contributed by atoms with Gasteiger partial charge in [-0.05, 0) is 49.9 Å². The van der Waals surface area contributed by atoms with Crippen molar-refractivity contribution in [1.29, 1.82) is 0 Å². The molecule has 0 aromatic rings. The number of hydrogen-bond donors (Lipinski definition) is 1. The topological polar surface area (TPSA) is 32.3 Å². The molecule has 5 atom stereocenters. The maximum absolute atomic E-state index is 12.8. The van der Waals surface area contributed by atoms with Gasteiger partial charge in [0.1, 0.15) is 0 Å². The summed E-state index contributed by atoms with van der Waals surface area (Å²) in [6.45, 7) is 5.46. The molecule has 1 heterocycles. The maximum atomic E-state index is 12.8. The summed E-state index contributed by atoms with van der Waals surface area (Å²) >= 11 is 0. The molecule has 3 rings (SSSR count). The zero-order valence-electron chi connectivity index (χ0n) is 13.8. The van der Waals surface area contributed by atoms with Crippen molar-refractivity contribution in [2.24, 2.45) is 17.8 Å². The van der Waals surface area contributed by atoms with Gasteiger partial charge in [-0.2, -0.15) is 0 Å². The summed E-state index contributed by atoms with van der Waals surface area (Å²) < 4.78 is 0. The average Bonchev–Trinajstić information content (AvgIpc) is 3.16. The van der Waals surface area contributed by atoms with Gasteiger partial charge in [0.15, 0.2) is 0 Å². The predicted octanol–water partition coefficient (Wildman–Crippen LogP) is 3.54. The third-order valence-corrected chi connectivity index (χ3v) is 6.08. The smallest absolute Gasteiger partial charge is 0.241 e.